The number of hydrogen-bond acceptors (Lipinski definition) is 6. The van der Waals surface area contributed by atoms with Gasteiger partial charge in [-0.25, -0.2) is 13.4 Å². The molecule has 1 aromatic heterocycles. The maximum absolute atomic E-state index is 13.3. The van der Waals surface area contributed by atoms with Crippen LogP contribution in [0.2, 0.25) is 0 Å². The minimum Gasteiger partial charge on any atom is -0.345 e. The van der Waals surface area contributed by atoms with Crippen LogP contribution < -0.4 is 4.90 Å². The summed E-state index contributed by atoms with van der Waals surface area (Å²) in [5.41, 5.74) is 3.37. The Labute approximate surface area is 211 Å². The van der Waals surface area contributed by atoms with Crippen molar-refractivity contribution in [3.05, 3.63) is 53.6 Å². The lowest BCUT2D eigenvalue weighted by Gasteiger charge is -2.38. The molecule has 0 bridgehead atoms. The van der Waals surface area contributed by atoms with Crippen molar-refractivity contribution >= 4 is 42.6 Å². The Hall–Kier alpha value is -2.49. The SMILES string of the molecule is CCc1cccc2sc(N3CCN(C(=O)C4CCCN(S(=O)(=O)c5ccc(C)cc5)C4)CC3)nc12. The number of nitrogens with zero attached hydrogens (tertiary/aromatic N) is 4. The second-order valence-electron chi connectivity index (χ2n) is 9.44. The highest BCUT2D eigenvalue weighted by molar-refractivity contribution is 7.89. The summed E-state index contributed by atoms with van der Waals surface area (Å²) in [4.78, 5) is 22.7. The predicted molar refractivity (Wildman–Crippen MR) is 140 cm³/mol. The normalized spacial score (nSPS) is 19.9. The Balaban J connectivity index is 1.22. The topological polar surface area (TPSA) is 73.8 Å². The summed E-state index contributed by atoms with van der Waals surface area (Å²) < 4.78 is 29.0. The first-order valence-electron chi connectivity index (χ1n) is 12.4. The van der Waals surface area contributed by atoms with E-state index in [0.717, 1.165) is 42.1 Å². The third-order valence-electron chi connectivity index (χ3n) is 7.13. The van der Waals surface area contributed by atoms with Gasteiger partial charge in [-0.05, 0) is 49.9 Å². The Morgan fingerprint density at radius 2 is 1.80 bits per heavy atom. The highest BCUT2D eigenvalue weighted by Gasteiger charge is 2.36. The first-order valence-corrected chi connectivity index (χ1v) is 14.6. The summed E-state index contributed by atoms with van der Waals surface area (Å²) in [6.45, 7) is 7.56. The average Bonchev–Trinajstić information content (AvgIpc) is 3.33. The van der Waals surface area contributed by atoms with E-state index in [1.807, 2.05) is 24.0 Å². The van der Waals surface area contributed by atoms with Crippen LogP contribution in [-0.4, -0.2) is 67.8 Å². The van der Waals surface area contributed by atoms with Gasteiger partial charge in [-0.15, -0.1) is 0 Å². The number of fused-ring (bicyclic) bond motifs is 1. The van der Waals surface area contributed by atoms with E-state index < -0.39 is 10.0 Å². The number of piperazine rings is 1. The van der Waals surface area contributed by atoms with Crippen LogP contribution in [-0.2, 0) is 21.2 Å². The van der Waals surface area contributed by atoms with Gasteiger partial charge >= 0.3 is 0 Å². The van der Waals surface area contributed by atoms with Crippen molar-refractivity contribution in [1.82, 2.24) is 14.2 Å². The summed E-state index contributed by atoms with van der Waals surface area (Å²) in [6.07, 6.45) is 2.39. The molecule has 1 amide bonds. The lowest BCUT2D eigenvalue weighted by atomic mass is 9.98. The fraction of sp³-hybridized carbons (Fsp3) is 0.462. The zero-order valence-electron chi connectivity index (χ0n) is 20.3. The second-order valence-corrected chi connectivity index (χ2v) is 12.4. The van der Waals surface area contributed by atoms with Crippen LogP contribution in [0.1, 0.15) is 30.9 Å². The fourth-order valence-electron chi connectivity index (χ4n) is 5.01. The molecule has 3 heterocycles. The van der Waals surface area contributed by atoms with Crippen molar-refractivity contribution in [1.29, 1.82) is 0 Å². The fourth-order valence-corrected chi connectivity index (χ4v) is 7.60. The molecule has 0 radical (unpaired) electrons. The van der Waals surface area contributed by atoms with Gasteiger partial charge in [0, 0.05) is 39.3 Å². The highest BCUT2D eigenvalue weighted by Crippen LogP contribution is 2.32. The number of aromatic nitrogens is 1. The van der Waals surface area contributed by atoms with Gasteiger partial charge in [0.2, 0.25) is 15.9 Å². The first-order chi connectivity index (χ1) is 16.9. The van der Waals surface area contributed by atoms with E-state index in [0.29, 0.717) is 31.0 Å². The lowest BCUT2D eigenvalue weighted by molar-refractivity contribution is -0.137. The Bertz CT molecular complexity index is 1310. The number of benzene rings is 2. The third-order valence-corrected chi connectivity index (χ3v) is 10.1. The summed E-state index contributed by atoms with van der Waals surface area (Å²) in [6, 6.07) is 13.3. The molecular weight excluding hydrogens is 480 g/mol. The lowest BCUT2D eigenvalue weighted by Crippen LogP contribution is -2.53. The van der Waals surface area contributed by atoms with E-state index in [-0.39, 0.29) is 18.4 Å². The summed E-state index contributed by atoms with van der Waals surface area (Å²) >= 11 is 1.71. The van der Waals surface area contributed by atoms with E-state index in [1.54, 1.807) is 23.5 Å². The van der Waals surface area contributed by atoms with Gasteiger partial charge in [0.25, 0.3) is 0 Å². The Morgan fingerprint density at radius 3 is 2.51 bits per heavy atom. The number of sulfonamides is 1. The van der Waals surface area contributed by atoms with Gasteiger partial charge in [-0.3, -0.25) is 4.79 Å². The molecule has 1 unspecified atom stereocenters. The standard InChI is InChI=1S/C26H32N4O3S2/c1-3-20-6-4-8-23-24(20)27-26(34-23)29-16-14-28(15-17-29)25(31)21-7-5-13-30(18-21)35(32,33)22-11-9-19(2)10-12-22/h4,6,8-12,21H,3,5,7,13-18H2,1-2H3. The molecule has 2 saturated heterocycles. The van der Waals surface area contributed by atoms with Crippen LogP contribution in [0.25, 0.3) is 10.2 Å². The molecule has 9 heteroatoms. The second kappa shape index (κ2) is 9.87. The quantitative estimate of drug-likeness (QED) is 0.518. The third kappa shape index (κ3) is 4.81. The van der Waals surface area contributed by atoms with Crippen molar-refractivity contribution in [2.75, 3.05) is 44.2 Å². The number of aryl methyl sites for hydroxylation is 2. The monoisotopic (exact) mass is 512 g/mol. The number of rotatable bonds is 5. The van der Waals surface area contributed by atoms with E-state index in [9.17, 15) is 13.2 Å². The van der Waals surface area contributed by atoms with Crippen LogP contribution in [0.4, 0.5) is 5.13 Å². The molecule has 2 fully saturated rings. The van der Waals surface area contributed by atoms with Crippen molar-refractivity contribution < 1.29 is 13.2 Å². The van der Waals surface area contributed by atoms with Crippen molar-refractivity contribution in [2.24, 2.45) is 5.92 Å². The van der Waals surface area contributed by atoms with Crippen molar-refractivity contribution in [3.8, 4) is 0 Å². The number of amides is 1. The van der Waals surface area contributed by atoms with Gasteiger partial charge in [0.05, 0.1) is 21.0 Å². The molecule has 1 atom stereocenters. The maximum Gasteiger partial charge on any atom is 0.243 e. The van der Waals surface area contributed by atoms with Gasteiger partial charge in [-0.2, -0.15) is 4.31 Å². The number of carbonyl (C=O) groups excluding carboxylic acids is 1. The van der Waals surface area contributed by atoms with Gasteiger partial charge in [0.1, 0.15) is 0 Å². The molecule has 2 aliphatic heterocycles. The zero-order valence-corrected chi connectivity index (χ0v) is 21.9. The first kappa shape index (κ1) is 24.2. The van der Waals surface area contributed by atoms with E-state index in [1.165, 1.54) is 14.6 Å². The molecule has 2 aromatic carbocycles. The highest BCUT2D eigenvalue weighted by atomic mass is 32.2. The van der Waals surface area contributed by atoms with Gasteiger partial charge in [-0.1, -0.05) is 48.1 Å². The van der Waals surface area contributed by atoms with Crippen molar-refractivity contribution in [2.45, 2.75) is 38.0 Å². The van der Waals surface area contributed by atoms with E-state index in [4.69, 9.17) is 4.98 Å². The average molecular weight is 513 g/mol. The number of hydrogen-bond donors (Lipinski definition) is 0. The van der Waals surface area contributed by atoms with Crippen LogP contribution in [0, 0.1) is 12.8 Å². The molecule has 0 saturated carbocycles. The molecular formula is C26H32N4O3S2. The zero-order chi connectivity index (χ0) is 24.6. The van der Waals surface area contributed by atoms with Gasteiger partial charge < -0.3 is 9.80 Å². The molecule has 35 heavy (non-hydrogen) atoms. The molecule has 0 N–H and O–H groups in total. The molecule has 5 rings (SSSR count). The van der Waals surface area contributed by atoms with E-state index in [2.05, 4.69) is 30.0 Å². The Morgan fingerprint density at radius 1 is 1.06 bits per heavy atom. The molecule has 0 spiro atoms. The molecule has 2 aliphatic rings. The molecule has 186 valence electrons. The number of para-hydroxylation sites is 1. The number of thiazole rings is 1. The minimum atomic E-state index is -3.59. The van der Waals surface area contributed by atoms with Gasteiger partial charge in [0.15, 0.2) is 5.13 Å². The van der Waals surface area contributed by atoms with Crippen LogP contribution in [0.15, 0.2) is 47.4 Å². The smallest absolute Gasteiger partial charge is 0.243 e. The van der Waals surface area contributed by atoms with Crippen LogP contribution in [0.5, 0.6) is 0 Å². The minimum absolute atomic E-state index is 0.0750. The van der Waals surface area contributed by atoms with Crippen LogP contribution in [0.3, 0.4) is 0 Å². The number of piperidine rings is 1. The summed E-state index contributed by atoms with van der Waals surface area (Å²) in [7, 11) is -3.59. The maximum atomic E-state index is 13.3. The summed E-state index contributed by atoms with van der Waals surface area (Å²) in [5.74, 6) is -0.212. The molecule has 0 aliphatic carbocycles. The van der Waals surface area contributed by atoms with Crippen LogP contribution >= 0.6 is 11.3 Å². The summed E-state index contributed by atoms with van der Waals surface area (Å²) in [5, 5.41) is 1.01. The molecule has 7 nitrogen and oxygen atoms in total. The molecule has 3 aromatic rings. The van der Waals surface area contributed by atoms with Crippen molar-refractivity contribution in [3.63, 3.8) is 0 Å². The largest absolute Gasteiger partial charge is 0.345 e. The number of carbonyl (C=O) groups is 1. The number of anilines is 1. The predicted octanol–water partition coefficient (Wildman–Crippen LogP) is 3.92. The van der Waals surface area contributed by atoms with E-state index >= 15 is 0 Å². The Kier molecular flexibility index (Phi) is 6.83.